The number of hydrogen-bond donors (Lipinski definition) is 2. The largest absolute Gasteiger partial charge is 0.335 e. The predicted octanol–water partition coefficient (Wildman–Crippen LogP) is 1.96. The van der Waals surface area contributed by atoms with Crippen molar-refractivity contribution in [3.05, 3.63) is 0 Å². The van der Waals surface area contributed by atoms with Gasteiger partial charge in [0.2, 0.25) is 0 Å². The minimum atomic E-state index is 0.171. The molecule has 0 radical (unpaired) electrons. The number of nitrogens with zero attached hydrogens (tertiary/aromatic N) is 1. The predicted molar refractivity (Wildman–Crippen MR) is 73.6 cm³/mol. The first-order valence-corrected chi connectivity index (χ1v) is 7.49. The standard InChI is InChI=1S/C14H27N3O/c1-15-11-12-7-9-17(10-8-12)14(18)16-13-5-3-2-4-6-13/h12-13,15H,2-11H2,1H3,(H,16,18). The summed E-state index contributed by atoms with van der Waals surface area (Å²) in [6, 6.07) is 0.603. The smallest absolute Gasteiger partial charge is 0.317 e. The van der Waals surface area contributed by atoms with Crippen molar-refractivity contribution >= 4 is 6.03 Å². The van der Waals surface area contributed by atoms with Crippen LogP contribution < -0.4 is 10.6 Å². The van der Waals surface area contributed by atoms with Crippen molar-refractivity contribution in [3.8, 4) is 0 Å². The Morgan fingerprint density at radius 3 is 2.39 bits per heavy atom. The van der Waals surface area contributed by atoms with Crippen molar-refractivity contribution in [3.63, 3.8) is 0 Å². The van der Waals surface area contributed by atoms with Gasteiger partial charge in [0.25, 0.3) is 0 Å². The van der Waals surface area contributed by atoms with Crippen LogP contribution in [0.2, 0.25) is 0 Å². The summed E-state index contributed by atoms with van der Waals surface area (Å²) in [5.41, 5.74) is 0. The molecule has 104 valence electrons. The molecule has 0 aromatic rings. The molecule has 0 aromatic carbocycles. The number of urea groups is 1. The van der Waals surface area contributed by atoms with Gasteiger partial charge in [-0.3, -0.25) is 0 Å². The number of hydrogen-bond acceptors (Lipinski definition) is 2. The summed E-state index contributed by atoms with van der Waals surface area (Å²) >= 11 is 0. The average molecular weight is 253 g/mol. The van der Waals surface area contributed by atoms with Gasteiger partial charge in [-0.1, -0.05) is 19.3 Å². The number of rotatable bonds is 3. The molecule has 0 aromatic heterocycles. The lowest BCUT2D eigenvalue weighted by molar-refractivity contribution is 0.164. The third-order valence-electron chi connectivity index (χ3n) is 4.33. The lowest BCUT2D eigenvalue weighted by Gasteiger charge is -2.33. The molecule has 1 aliphatic heterocycles. The highest BCUT2D eigenvalue weighted by Gasteiger charge is 2.24. The highest BCUT2D eigenvalue weighted by atomic mass is 16.2. The minimum Gasteiger partial charge on any atom is -0.335 e. The van der Waals surface area contributed by atoms with E-state index >= 15 is 0 Å². The van der Waals surface area contributed by atoms with E-state index in [2.05, 4.69) is 10.6 Å². The van der Waals surface area contributed by atoms with Gasteiger partial charge in [0, 0.05) is 19.1 Å². The second-order valence-corrected chi connectivity index (χ2v) is 5.77. The summed E-state index contributed by atoms with van der Waals surface area (Å²) in [5.74, 6) is 0.744. The summed E-state index contributed by atoms with van der Waals surface area (Å²) in [5, 5.41) is 6.43. The Hall–Kier alpha value is -0.770. The first-order chi connectivity index (χ1) is 8.79. The van der Waals surface area contributed by atoms with E-state index in [9.17, 15) is 4.79 Å². The molecule has 4 heteroatoms. The number of carbonyl (C=O) groups excluding carboxylic acids is 1. The van der Waals surface area contributed by atoms with Gasteiger partial charge in [0.05, 0.1) is 0 Å². The van der Waals surface area contributed by atoms with Crippen LogP contribution in [0.3, 0.4) is 0 Å². The van der Waals surface area contributed by atoms with Crippen LogP contribution in [-0.2, 0) is 0 Å². The molecule has 0 spiro atoms. The fourth-order valence-corrected chi connectivity index (χ4v) is 3.14. The van der Waals surface area contributed by atoms with Crippen molar-refractivity contribution < 1.29 is 4.79 Å². The maximum atomic E-state index is 12.1. The van der Waals surface area contributed by atoms with Crippen LogP contribution >= 0.6 is 0 Å². The average Bonchev–Trinajstić information content (AvgIpc) is 2.41. The van der Waals surface area contributed by atoms with E-state index in [4.69, 9.17) is 0 Å². The van der Waals surface area contributed by atoms with E-state index in [-0.39, 0.29) is 6.03 Å². The topological polar surface area (TPSA) is 44.4 Å². The van der Waals surface area contributed by atoms with Crippen molar-refractivity contribution in [1.82, 2.24) is 15.5 Å². The quantitative estimate of drug-likeness (QED) is 0.807. The fraction of sp³-hybridized carbons (Fsp3) is 0.929. The van der Waals surface area contributed by atoms with Gasteiger partial charge in [-0.25, -0.2) is 4.79 Å². The summed E-state index contributed by atoms with van der Waals surface area (Å²) in [4.78, 5) is 14.1. The molecular formula is C14H27N3O. The van der Waals surface area contributed by atoms with Gasteiger partial charge in [-0.15, -0.1) is 0 Å². The third kappa shape index (κ3) is 3.87. The molecule has 1 saturated carbocycles. The Morgan fingerprint density at radius 1 is 1.11 bits per heavy atom. The van der Waals surface area contributed by atoms with E-state index in [1.165, 1.54) is 32.1 Å². The fourth-order valence-electron chi connectivity index (χ4n) is 3.14. The van der Waals surface area contributed by atoms with Crippen LogP contribution in [0.25, 0.3) is 0 Å². The Kier molecular flexibility index (Phi) is 5.29. The van der Waals surface area contributed by atoms with Crippen LogP contribution in [0.15, 0.2) is 0 Å². The highest BCUT2D eigenvalue weighted by molar-refractivity contribution is 5.74. The SMILES string of the molecule is CNCC1CCN(C(=O)NC2CCCCC2)CC1. The highest BCUT2D eigenvalue weighted by Crippen LogP contribution is 2.19. The Balaban J connectivity index is 1.70. The molecule has 4 nitrogen and oxygen atoms in total. The molecule has 18 heavy (non-hydrogen) atoms. The van der Waals surface area contributed by atoms with E-state index in [0.29, 0.717) is 6.04 Å². The Morgan fingerprint density at radius 2 is 1.78 bits per heavy atom. The van der Waals surface area contributed by atoms with Gasteiger partial charge >= 0.3 is 6.03 Å². The lowest BCUT2D eigenvalue weighted by Crippen LogP contribution is -2.48. The lowest BCUT2D eigenvalue weighted by atomic mass is 9.95. The van der Waals surface area contributed by atoms with Crippen LogP contribution in [0, 0.1) is 5.92 Å². The first-order valence-electron chi connectivity index (χ1n) is 7.49. The number of likely N-dealkylation sites (tertiary alicyclic amines) is 1. The second kappa shape index (κ2) is 6.98. The molecular weight excluding hydrogens is 226 g/mol. The molecule has 2 rings (SSSR count). The zero-order valence-electron chi connectivity index (χ0n) is 11.6. The zero-order chi connectivity index (χ0) is 12.8. The number of amides is 2. The molecule has 1 heterocycles. The third-order valence-corrected chi connectivity index (χ3v) is 4.33. The molecule has 2 amide bonds. The number of piperidine rings is 1. The Labute approximate surface area is 110 Å². The monoisotopic (exact) mass is 253 g/mol. The normalized spacial score (nSPS) is 23.1. The van der Waals surface area contributed by atoms with Crippen LogP contribution in [-0.4, -0.2) is 43.7 Å². The van der Waals surface area contributed by atoms with Gasteiger partial charge in [-0.2, -0.15) is 0 Å². The molecule has 2 N–H and O–H groups in total. The van der Waals surface area contributed by atoms with E-state index in [1.807, 2.05) is 11.9 Å². The minimum absolute atomic E-state index is 0.171. The summed E-state index contributed by atoms with van der Waals surface area (Å²) in [6.45, 7) is 2.92. The molecule has 0 atom stereocenters. The van der Waals surface area contributed by atoms with Crippen LogP contribution in [0.4, 0.5) is 4.79 Å². The van der Waals surface area contributed by atoms with Crippen molar-refractivity contribution in [2.24, 2.45) is 5.92 Å². The van der Waals surface area contributed by atoms with E-state index in [0.717, 1.165) is 38.4 Å². The van der Waals surface area contributed by atoms with Gasteiger partial charge in [0.1, 0.15) is 0 Å². The van der Waals surface area contributed by atoms with Gasteiger partial charge < -0.3 is 15.5 Å². The van der Waals surface area contributed by atoms with Crippen molar-refractivity contribution in [2.75, 3.05) is 26.7 Å². The molecule has 0 bridgehead atoms. The number of nitrogens with one attached hydrogen (secondary N) is 2. The molecule has 2 aliphatic rings. The summed E-state index contributed by atoms with van der Waals surface area (Å²) in [7, 11) is 2.00. The molecule has 1 saturated heterocycles. The van der Waals surface area contributed by atoms with Crippen LogP contribution in [0.1, 0.15) is 44.9 Å². The van der Waals surface area contributed by atoms with Crippen LogP contribution in [0.5, 0.6) is 0 Å². The molecule has 1 aliphatic carbocycles. The van der Waals surface area contributed by atoms with E-state index in [1.54, 1.807) is 0 Å². The van der Waals surface area contributed by atoms with Crippen molar-refractivity contribution in [2.45, 2.75) is 51.0 Å². The maximum absolute atomic E-state index is 12.1. The van der Waals surface area contributed by atoms with Gasteiger partial charge in [-0.05, 0) is 45.2 Å². The second-order valence-electron chi connectivity index (χ2n) is 5.77. The summed E-state index contributed by atoms with van der Waals surface area (Å²) < 4.78 is 0. The molecule has 2 fully saturated rings. The maximum Gasteiger partial charge on any atom is 0.317 e. The first kappa shape index (κ1) is 13.7. The molecule has 0 unspecified atom stereocenters. The van der Waals surface area contributed by atoms with Crippen molar-refractivity contribution in [1.29, 1.82) is 0 Å². The Bertz CT molecular complexity index is 256. The zero-order valence-corrected chi connectivity index (χ0v) is 11.6. The summed E-state index contributed by atoms with van der Waals surface area (Å²) in [6.07, 6.45) is 8.49. The van der Waals surface area contributed by atoms with E-state index < -0.39 is 0 Å². The number of carbonyl (C=O) groups is 1. The van der Waals surface area contributed by atoms with Gasteiger partial charge in [0.15, 0.2) is 0 Å².